The predicted octanol–water partition coefficient (Wildman–Crippen LogP) is 1.50. The van der Waals surface area contributed by atoms with Crippen LogP contribution in [0.15, 0.2) is 24.3 Å². The molecule has 4 heteroatoms. The average molecular weight is 304 g/mol. The van der Waals surface area contributed by atoms with Crippen molar-refractivity contribution >= 4 is 0 Å². The molecular weight excluding hydrogens is 278 g/mol. The van der Waals surface area contributed by atoms with Gasteiger partial charge in [-0.3, -0.25) is 0 Å². The smallest absolute Gasteiger partial charge is 0.211 e. The lowest BCUT2D eigenvalue weighted by Gasteiger charge is -2.56. The Kier molecular flexibility index (Phi) is 1.65. The van der Waals surface area contributed by atoms with Crippen molar-refractivity contribution in [2.24, 2.45) is 5.92 Å². The van der Waals surface area contributed by atoms with E-state index in [0.717, 1.165) is 0 Å². The third-order valence-electron chi connectivity index (χ3n) is 5.52. The summed E-state index contributed by atoms with van der Waals surface area (Å²) in [6.07, 6.45) is -0.760. The van der Waals surface area contributed by atoms with Crippen LogP contribution in [0.5, 0.6) is 11.5 Å². The van der Waals surface area contributed by atoms with E-state index in [1.807, 2.05) is 0 Å². The molecule has 0 radical (unpaired) electrons. The molecule has 0 saturated carbocycles. The molecule has 2 heterocycles. The molecule has 1 aromatic carbocycles. The summed E-state index contributed by atoms with van der Waals surface area (Å²) in [6, 6.07) is 1.68. The molecule has 5 rings (SSSR count). The van der Waals surface area contributed by atoms with E-state index in [1.54, 1.807) is 36.2 Å². The fourth-order valence-corrected chi connectivity index (χ4v) is 4.52. The molecule has 22 heavy (non-hydrogen) atoms. The molecule has 116 valence electrons. The maximum atomic E-state index is 9.27. The van der Waals surface area contributed by atoms with Gasteiger partial charge >= 0.3 is 0 Å². The number of aliphatic hydroxyl groups excluding tert-OH is 1. The lowest BCUT2D eigenvalue weighted by atomic mass is 9.53. The second kappa shape index (κ2) is 4.06. The average Bonchev–Trinajstić information content (AvgIpc) is 2.91. The number of hydrogen-bond acceptors (Lipinski definition) is 4. The Balaban J connectivity index is 1.94. The summed E-state index contributed by atoms with van der Waals surface area (Å²) in [5, 5.41) is 4.86. The van der Waals surface area contributed by atoms with Gasteiger partial charge in [0.05, 0.1) is 8.48 Å². The Morgan fingerprint density at radius 2 is 2.45 bits per heavy atom. The van der Waals surface area contributed by atoms with Crippen molar-refractivity contribution in [3.05, 3.63) is 35.4 Å². The highest BCUT2D eigenvalue weighted by molar-refractivity contribution is 5.62. The number of likely N-dealkylation sites (tertiary alicyclic amines) is 1. The maximum absolute atomic E-state index is 9.27. The Morgan fingerprint density at radius 1 is 1.55 bits per heavy atom. The van der Waals surface area contributed by atoms with Gasteiger partial charge in [-0.05, 0) is 38.0 Å². The minimum absolute atomic E-state index is 0.344. The lowest BCUT2D eigenvalue weighted by molar-refractivity contribution is -0.0453. The van der Waals surface area contributed by atoms with E-state index >= 15 is 0 Å². The summed E-state index contributed by atoms with van der Waals surface area (Å²) in [5.41, 5.74) is -0.00881. The van der Waals surface area contributed by atoms with Crippen LogP contribution in [0.4, 0.5) is 0 Å². The second-order valence-electron chi connectivity index (χ2n) is 6.42. The summed E-state index contributed by atoms with van der Waals surface area (Å²) < 4.78 is 55.5. The number of likely N-dealkylation sites (N-methyl/N-ethyl adjacent to an activating group) is 1. The van der Waals surface area contributed by atoms with E-state index < -0.39 is 35.9 Å². The molecule has 2 bridgehead atoms. The SMILES string of the molecule is [2H]OC1C=C[C@@H]2[C@@]34CCN(C)[C@]2([2H])C([2H])([2H])c2ccc(OC)c(c23)OC14[2H]. The van der Waals surface area contributed by atoms with E-state index in [-0.39, 0.29) is 0 Å². The van der Waals surface area contributed by atoms with Gasteiger partial charge < -0.3 is 19.5 Å². The van der Waals surface area contributed by atoms with Crippen LogP contribution in [0.2, 0.25) is 0 Å². The topological polar surface area (TPSA) is 41.9 Å². The van der Waals surface area contributed by atoms with Crippen LogP contribution in [0, 0.1) is 5.92 Å². The summed E-state index contributed by atoms with van der Waals surface area (Å²) in [4.78, 5) is 1.74. The molecule has 0 amide bonds. The van der Waals surface area contributed by atoms with Gasteiger partial charge in [-0.1, -0.05) is 18.2 Å². The first kappa shape index (κ1) is 8.94. The molecule has 2 aliphatic carbocycles. The van der Waals surface area contributed by atoms with Crippen LogP contribution in [0.1, 0.15) is 23.0 Å². The summed E-state index contributed by atoms with van der Waals surface area (Å²) in [7, 11) is 3.27. The van der Waals surface area contributed by atoms with Gasteiger partial charge in [-0.15, -0.1) is 0 Å². The molecule has 4 aliphatic rings. The summed E-state index contributed by atoms with van der Waals surface area (Å²) in [5.74, 6) is 0.151. The number of ether oxygens (including phenoxy) is 2. The Hall–Kier alpha value is -1.52. The van der Waals surface area contributed by atoms with Crippen molar-refractivity contribution < 1.29 is 20.1 Å². The first-order valence-corrected chi connectivity index (χ1v) is 7.62. The molecule has 5 atom stereocenters. The van der Waals surface area contributed by atoms with Crippen LogP contribution in [0.25, 0.3) is 0 Å². The molecule has 1 N–H and O–H groups in total. The van der Waals surface area contributed by atoms with Crippen LogP contribution in [-0.2, 0) is 11.8 Å². The van der Waals surface area contributed by atoms with E-state index in [1.165, 1.54) is 7.11 Å². The van der Waals surface area contributed by atoms with E-state index in [9.17, 15) is 2.74 Å². The van der Waals surface area contributed by atoms with E-state index in [2.05, 4.69) is 0 Å². The monoisotopic (exact) mass is 304 g/mol. The van der Waals surface area contributed by atoms with Gasteiger partial charge in [0, 0.05) is 27.0 Å². The van der Waals surface area contributed by atoms with Crippen LogP contribution in [-0.4, -0.2) is 50.3 Å². The molecule has 1 fully saturated rings. The number of methoxy groups -OCH3 is 1. The Labute approximate surface area is 137 Å². The van der Waals surface area contributed by atoms with E-state index in [0.29, 0.717) is 35.6 Å². The van der Waals surface area contributed by atoms with Gasteiger partial charge in [0.25, 0.3) is 0 Å². The van der Waals surface area contributed by atoms with Crippen molar-refractivity contribution in [2.75, 3.05) is 20.7 Å². The molecule has 2 aliphatic heterocycles. The Bertz CT molecular complexity index is 879. The van der Waals surface area contributed by atoms with Gasteiger partial charge in [-0.25, -0.2) is 0 Å². The highest BCUT2D eigenvalue weighted by Crippen LogP contribution is 2.62. The largest absolute Gasteiger partial charge is 0.493 e. The van der Waals surface area contributed by atoms with Crippen molar-refractivity contribution in [1.29, 1.82) is 1.43 Å². The predicted molar refractivity (Wildman–Crippen MR) is 82.5 cm³/mol. The van der Waals surface area contributed by atoms with Gasteiger partial charge in [0.1, 0.15) is 12.2 Å². The molecule has 2 unspecified atom stereocenters. The minimum atomic E-state index is -1.99. The maximum Gasteiger partial charge on any atom is 0.211 e. The first-order valence-electron chi connectivity index (χ1n) is 10.0. The standard InChI is InChI=1S/C18H21NO3/c1-19-8-7-18-11-4-5-13(20)17(18)22-16-14(21-2)6-3-10(15(16)18)9-12(11)19/h3-6,11-13,17,20H,7-9H2,1-2H3/t11-,12+,13?,17?,18-/m0/s1/i9D2,12D,17D,20D. The van der Waals surface area contributed by atoms with Crippen LogP contribution in [0.3, 0.4) is 0 Å². The molecular formula is C18H21NO3. The Morgan fingerprint density at radius 3 is 3.27 bits per heavy atom. The van der Waals surface area contributed by atoms with E-state index in [4.69, 9.17) is 18.8 Å². The number of aliphatic hydroxyl groups is 1. The number of piperidine rings is 1. The number of nitrogens with zero attached hydrogens (tertiary/aromatic N) is 1. The molecule has 0 aromatic heterocycles. The summed E-state index contributed by atoms with van der Waals surface area (Å²) >= 11 is 0. The zero-order chi connectivity index (χ0) is 19.4. The molecule has 1 aromatic rings. The molecule has 4 nitrogen and oxygen atoms in total. The van der Waals surface area contributed by atoms with Crippen LogP contribution >= 0.6 is 0 Å². The third-order valence-corrected chi connectivity index (χ3v) is 5.52. The highest BCUT2D eigenvalue weighted by Gasteiger charge is 2.64. The zero-order valence-electron chi connectivity index (χ0n) is 17.6. The van der Waals surface area contributed by atoms with Crippen LogP contribution < -0.4 is 9.47 Å². The minimum Gasteiger partial charge on any atom is -0.493 e. The van der Waals surface area contributed by atoms with Gasteiger partial charge in [-0.2, -0.15) is 0 Å². The molecule has 1 saturated heterocycles. The highest BCUT2D eigenvalue weighted by atomic mass is 16.5. The second-order valence-corrected chi connectivity index (χ2v) is 6.42. The lowest BCUT2D eigenvalue weighted by Crippen LogP contribution is -2.64. The van der Waals surface area contributed by atoms with Gasteiger partial charge in [0.15, 0.2) is 11.5 Å². The van der Waals surface area contributed by atoms with Crippen molar-refractivity contribution in [3.63, 3.8) is 0 Å². The summed E-state index contributed by atoms with van der Waals surface area (Å²) in [6.45, 7) is 0.443. The number of hydrogen-bond donors (Lipinski definition) is 1. The fourth-order valence-electron chi connectivity index (χ4n) is 4.52. The normalized spacial score (nSPS) is 53.3. The van der Waals surface area contributed by atoms with Gasteiger partial charge in [0.2, 0.25) is 1.43 Å². The first-order chi connectivity index (χ1) is 12.7. The fraction of sp³-hybridized carbons (Fsp3) is 0.556. The van der Waals surface area contributed by atoms with Crippen molar-refractivity contribution in [1.82, 2.24) is 4.90 Å². The van der Waals surface area contributed by atoms with Crippen molar-refractivity contribution in [3.8, 4) is 11.5 Å². The number of rotatable bonds is 2. The third kappa shape index (κ3) is 1.28. The molecule has 1 spiro atoms. The zero-order valence-corrected chi connectivity index (χ0v) is 12.6. The van der Waals surface area contributed by atoms with Crippen molar-refractivity contribution in [2.45, 2.75) is 36.4 Å². The quantitative estimate of drug-likeness (QED) is 0.841. The number of benzene rings is 1.